The molecule has 0 aromatic carbocycles. The van der Waals surface area contributed by atoms with Gasteiger partial charge in [0.25, 0.3) is 0 Å². The average molecular weight is 175 g/mol. The quantitative estimate of drug-likeness (QED) is 0.692. The highest BCUT2D eigenvalue weighted by molar-refractivity contribution is 5.73. The zero-order chi connectivity index (χ0) is 9.14. The first-order chi connectivity index (χ1) is 5.65. The van der Waals surface area contributed by atoms with Gasteiger partial charge in [-0.05, 0) is 12.8 Å². The number of hydrogen-bond acceptors (Lipinski definition) is 2. The molecule has 1 rings (SSSR count). The molecule has 1 aliphatic heterocycles. The van der Waals surface area contributed by atoms with Crippen molar-refractivity contribution in [1.29, 1.82) is 0 Å². The van der Waals surface area contributed by atoms with Gasteiger partial charge in [-0.25, -0.2) is 4.39 Å². The molecule has 0 amide bonds. The Kier molecular flexibility index (Phi) is 3.03. The van der Waals surface area contributed by atoms with E-state index in [0.717, 1.165) is 0 Å². The molecule has 1 saturated heterocycles. The lowest BCUT2D eigenvalue weighted by Crippen LogP contribution is -2.39. The van der Waals surface area contributed by atoms with Crippen molar-refractivity contribution < 1.29 is 14.3 Å². The topological polar surface area (TPSA) is 40.5 Å². The van der Waals surface area contributed by atoms with Crippen LogP contribution in [0.15, 0.2) is 0 Å². The van der Waals surface area contributed by atoms with Crippen molar-refractivity contribution >= 4 is 5.97 Å². The Balaban J connectivity index is 2.49. The Morgan fingerprint density at radius 1 is 1.83 bits per heavy atom. The summed E-state index contributed by atoms with van der Waals surface area (Å²) in [6.07, 6.45) is 0.185. The first kappa shape index (κ1) is 9.45. The number of carboxylic acid groups (broad SMARTS) is 1. The van der Waals surface area contributed by atoms with Gasteiger partial charge in [-0.1, -0.05) is 6.92 Å². The molecule has 1 N–H and O–H groups in total. The average Bonchev–Trinajstić information content (AvgIpc) is 2.37. The number of carbonyl (C=O) groups is 1. The summed E-state index contributed by atoms with van der Waals surface area (Å²) in [6.45, 7) is 2.67. The summed E-state index contributed by atoms with van der Waals surface area (Å²) in [4.78, 5) is 12.4. The van der Waals surface area contributed by atoms with Crippen molar-refractivity contribution in [2.75, 3.05) is 13.1 Å². The van der Waals surface area contributed by atoms with Crippen LogP contribution in [-0.2, 0) is 4.79 Å². The van der Waals surface area contributed by atoms with Gasteiger partial charge in [0.15, 0.2) is 0 Å². The van der Waals surface area contributed by atoms with Gasteiger partial charge in [0.2, 0.25) is 0 Å². The normalized spacial score (nSPS) is 27.3. The monoisotopic (exact) mass is 175 g/mol. The van der Waals surface area contributed by atoms with E-state index in [4.69, 9.17) is 5.11 Å². The summed E-state index contributed by atoms with van der Waals surface area (Å²) < 4.78 is 12.7. The minimum Gasteiger partial charge on any atom is -0.480 e. The van der Waals surface area contributed by atoms with Gasteiger partial charge in [-0.2, -0.15) is 0 Å². The summed E-state index contributed by atoms with van der Waals surface area (Å²) in [5, 5.41) is 8.76. The number of nitrogens with zero attached hydrogens (tertiary/aromatic N) is 1. The van der Waals surface area contributed by atoms with Crippen LogP contribution in [0.2, 0.25) is 0 Å². The third kappa shape index (κ3) is 1.94. The van der Waals surface area contributed by atoms with Crippen LogP contribution in [0, 0.1) is 0 Å². The van der Waals surface area contributed by atoms with Gasteiger partial charge in [-0.3, -0.25) is 9.69 Å². The zero-order valence-electron chi connectivity index (χ0n) is 7.16. The molecule has 0 spiro atoms. The zero-order valence-corrected chi connectivity index (χ0v) is 7.16. The van der Waals surface area contributed by atoms with Crippen molar-refractivity contribution in [3.05, 3.63) is 0 Å². The Hall–Kier alpha value is -0.640. The van der Waals surface area contributed by atoms with Gasteiger partial charge >= 0.3 is 5.97 Å². The Labute approximate surface area is 71.2 Å². The number of aliphatic carboxylic acids is 1. The molecular formula is C8H14FNO2. The third-order valence-corrected chi connectivity index (χ3v) is 2.27. The Morgan fingerprint density at radius 3 is 2.83 bits per heavy atom. The third-order valence-electron chi connectivity index (χ3n) is 2.27. The molecular weight excluding hydrogens is 161 g/mol. The van der Waals surface area contributed by atoms with E-state index in [1.54, 1.807) is 4.90 Å². The smallest absolute Gasteiger partial charge is 0.320 e. The van der Waals surface area contributed by atoms with Gasteiger partial charge in [0, 0.05) is 13.1 Å². The molecule has 3 nitrogen and oxygen atoms in total. The van der Waals surface area contributed by atoms with Crippen LogP contribution in [0.1, 0.15) is 19.8 Å². The van der Waals surface area contributed by atoms with Crippen LogP contribution in [0.4, 0.5) is 4.39 Å². The van der Waals surface area contributed by atoms with E-state index in [1.807, 2.05) is 6.92 Å². The molecule has 0 radical (unpaired) electrons. The summed E-state index contributed by atoms with van der Waals surface area (Å²) >= 11 is 0. The molecule has 2 atom stereocenters. The van der Waals surface area contributed by atoms with Crippen LogP contribution in [0.5, 0.6) is 0 Å². The second kappa shape index (κ2) is 3.85. The van der Waals surface area contributed by atoms with E-state index in [2.05, 4.69) is 0 Å². The lowest BCUT2D eigenvalue weighted by molar-refractivity contribution is -0.143. The first-order valence-corrected chi connectivity index (χ1v) is 4.26. The van der Waals surface area contributed by atoms with Gasteiger partial charge in [-0.15, -0.1) is 0 Å². The van der Waals surface area contributed by atoms with Gasteiger partial charge < -0.3 is 5.11 Å². The molecule has 2 unspecified atom stereocenters. The largest absolute Gasteiger partial charge is 0.480 e. The molecule has 0 aromatic heterocycles. The molecule has 12 heavy (non-hydrogen) atoms. The summed E-state index contributed by atoms with van der Waals surface area (Å²) in [5.74, 6) is -0.841. The molecule has 0 saturated carbocycles. The second-order valence-electron chi connectivity index (χ2n) is 3.14. The number of rotatable bonds is 3. The van der Waals surface area contributed by atoms with Gasteiger partial charge in [0.05, 0.1) is 0 Å². The Morgan fingerprint density at radius 2 is 2.50 bits per heavy atom. The second-order valence-corrected chi connectivity index (χ2v) is 3.14. The first-order valence-electron chi connectivity index (χ1n) is 4.26. The van der Waals surface area contributed by atoms with Crippen molar-refractivity contribution in [3.8, 4) is 0 Å². The lowest BCUT2D eigenvalue weighted by atomic mass is 10.2. The summed E-state index contributed by atoms with van der Waals surface area (Å²) in [5.41, 5.74) is 0. The predicted molar refractivity (Wildman–Crippen MR) is 42.8 cm³/mol. The summed E-state index contributed by atoms with van der Waals surface area (Å²) in [7, 11) is 0. The molecule has 0 aromatic rings. The fraction of sp³-hybridized carbons (Fsp3) is 0.875. The van der Waals surface area contributed by atoms with E-state index in [1.165, 1.54) is 0 Å². The maximum absolute atomic E-state index is 12.7. The van der Waals surface area contributed by atoms with Crippen LogP contribution in [-0.4, -0.2) is 41.3 Å². The fourth-order valence-electron chi connectivity index (χ4n) is 1.62. The number of halogens is 1. The minimum atomic E-state index is -0.841. The molecule has 70 valence electrons. The number of alkyl halides is 1. The molecule has 1 fully saturated rings. The highest BCUT2D eigenvalue weighted by atomic mass is 19.1. The summed E-state index contributed by atoms with van der Waals surface area (Å²) in [6, 6.07) is -0.495. The van der Waals surface area contributed by atoms with E-state index in [0.29, 0.717) is 19.4 Å². The van der Waals surface area contributed by atoms with E-state index >= 15 is 0 Å². The van der Waals surface area contributed by atoms with Crippen molar-refractivity contribution in [1.82, 2.24) is 4.90 Å². The van der Waals surface area contributed by atoms with Crippen LogP contribution < -0.4 is 0 Å². The molecule has 1 aliphatic rings. The van der Waals surface area contributed by atoms with E-state index in [9.17, 15) is 9.18 Å². The molecule has 4 heteroatoms. The number of hydrogen-bond donors (Lipinski definition) is 1. The van der Waals surface area contributed by atoms with Crippen molar-refractivity contribution in [2.24, 2.45) is 0 Å². The van der Waals surface area contributed by atoms with E-state index in [-0.39, 0.29) is 6.54 Å². The Bertz CT molecular complexity index is 174. The van der Waals surface area contributed by atoms with Crippen LogP contribution >= 0.6 is 0 Å². The lowest BCUT2D eigenvalue weighted by Gasteiger charge is -2.21. The van der Waals surface area contributed by atoms with Crippen LogP contribution in [0.25, 0.3) is 0 Å². The van der Waals surface area contributed by atoms with Crippen LogP contribution in [0.3, 0.4) is 0 Å². The van der Waals surface area contributed by atoms with Gasteiger partial charge in [0.1, 0.15) is 12.2 Å². The highest BCUT2D eigenvalue weighted by Crippen LogP contribution is 2.16. The predicted octanol–water partition coefficient (Wildman–Crippen LogP) is 0.893. The maximum Gasteiger partial charge on any atom is 0.320 e. The highest BCUT2D eigenvalue weighted by Gasteiger charge is 2.30. The molecule has 1 heterocycles. The SMILES string of the molecule is CCC(C(=O)O)N1CCC(F)C1. The molecule has 0 bridgehead atoms. The van der Waals surface area contributed by atoms with Crippen molar-refractivity contribution in [2.45, 2.75) is 32.0 Å². The minimum absolute atomic E-state index is 0.283. The standard InChI is InChI=1S/C8H14FNO2/c1-2-7(8(11)12)10-4-3-6(9)5-10/h6-7H,2-5H2,1H3,(H,11,12). The molecule has 0 aliphatic carbocycles. The number of likely N-dealkylation sites (tertiary alicyclic amines) is 1. The van der Waals surface area contributed by atoms with Crippen molar-refractivity contribution in [3.63, 3.8) is 0 Å². The van der Waals surface area contributed by atoms with E-state index < -0.39 is 18.2 Å². The maximum atomic E-state index is 12.7. The number of carboxylic acids is 1. The fourth-order valence-corrected chi connectivity index (χ4v) is 1.62.